The molecule has 4 aromatic carbocycles. The van der Waals surface area contributed by atoms with Crippen LogP contribution in [-0.2, 0) is 0 Å². The molecule has 0 saturated heterocycles. The molecule has 0 spiro atoms. The van der Waals surface area contributed by atoms with Gasteiger partial charge in [0.05, 0.1) is 25.4 Å². The molecule has 0 bridgehead atoms. The van der Waals surface area contributed by atoms with E-state index in [1.807, 2.05) is 24.3 Å². The highest BCUT2D eigenvalue weighted by Crippen LogP contribution is 2.29. The number of hydrogen-bond donors (Lipinski definition) is 1. The molecule has 0 aromatic heterocycles. The van der Waals surface area contributed by atoms with Crippen LogP contribution in [0.4, 0.5) is 0 Å². The zero-order chi connectivity index (χ0) is 35.4. The summed E-state index contributed by atoms with van der Waals surface area (Å²) in [5.74, 6) is 1.66. The quantitative estimate of drug-likeness (QED) is 0.0496. The van der Waals surface area contributed by atoms with Crippen LogP contribution in [0.2, 0.25) is 0 Å². The molecule has 0 unspecified atom stereocenters. The minimum atomic E-state index is -0.528. The van der Waals surface area contributed by atoms with Crippen LogP contribution in [0.1, 0.15) is 98.8 Å². The van der Waals surface area contributed by atoms with Gasteiger partial charge in [0.25, 0.3) is 0 Å². The molecule has 0 amide bonds. The highest BCUT2D eigenvalue weighted by molar-refractivity contribution is 5.94. The Balaban J connectivity index is 1.28. The van der Waals surface area contributed by atoms with Gasteiger partial charge in [-0.05, 0) is 97.6 Å². The van der Waals surface area contributed by atoms with Crippen LogP contribution in [0.5, 0.6) is 28.7 Å². The van der Waals surface area contributed by atoms with Crippen LogP contribution >= 0.6 is 0 Å². The lowest BCUT2D eigenvalue weighted by Gasteiger charge is -2.14. The Morgan fingerprint density at radius 2 is 0.980 bits per heavy atom. The van der Waals surface area contributed by atoms with Gasteiger partial charge in [0.1, 0.15) is 34.3 Å². The second-order valence-corrected chi connectivity index (χ2v) is 12.2. The lowest BCUT2D eigenvalue weighted by atomic mass is 10.1. The van der Waals surface area contributed by atoms with Crippen LogP contribution < -0.4 is 29.4 Å². The molecule has 0 aliphatic rings. The summed E-state index contributed by atoms with van der Waals surface area (Å²) in [4.78, 5) is 25.9. The van der Waals surface area contributed by atoms with Crippen molar-refractivity contribution in [1.29, 1.82) is 0 Å². The van der Waals surface area contributed by atoms with Crippen molar-refractivity contribution in [3.05, 3.63) is 102 Å². The zero-order valence-electron chi connectivity index (χ0n) is 29.5. The van der Waals surface area contributed by atoms with E-state index in [2.05, 4.69) is 13.8 Å². The van der Waals surface area contributed by atoms with Crippen molar-refractivity contribution < 1.29 is 33.3 Å². The summed E-state index contributed by atoms with van der Waals surface area (Å²) in [6.45, 7) is 6.50. The number of hydrogen-bond acceptors (Lipinski definition) is 8. The number of rotatable bonds is 22. The number of ether oxygens (including phenoxy) is 5. The Kier molecular flexibility index (Phi) is 16.2. The predicted octanol–water partition coefficient (Wildman–Crippen LogP) is 9.83. The maximum Gasteiger partial charge on any atom is 0.347 e. The molecule has 0 radical (unpaired) electrons. The second-order valence-electron chi connectivity index (χ2n) is 12.2. The summed E-state index contributed by atoms with van der Waals surface area (Å²) in [6, 6.07) is 26.7. The fraction of sp³-hybridized carbons (Fsp3) is 0.381. The van der Waals surface area contributed by atoms with Crippen molar-refractivity contribution >= 4 is 11.9 Å². The van der Waals surface area contributed by atoms with E-state index in [1.165, 1.54) is 32.1 Å². The van der Waals surface area contributed by atoms with Gasteiger partial charge < -0.3 is 29.4 Å². The maximum absolute atomic E-state index is 13.2. The topological polar surface area (TPSA) is 106 Å². The highest BCUT2D eigenvalue weighted by Gasteiger charge is 2.17. The van der Waals surface area contributed by atoms with E-state index >= 15 is 0 Å². The third-order valence-electron chi connectivity index (χ3n) is 8.12. The number of unbranched alkanes of at least 4 members (excludes halogenated alkanes) is 7. The largest absolute Gasteiger partial charge is 0.494 e. The number of nitrogens with two attached hydrogens (primary N) is 1. The Labute approximate surface area is 296 Å². The number of carbonyl (C=O) groups excluding carboxylic acids is 2. The molecule has 8 nitrogen and oxygen atoms in total. The number of carbonyl (C=O) groups is 2. The summed E-state index contributed by atoms with van der Waals surface area (Å²) in [6.07, 6.45) is 11.1. The molecule has 0 heterocycles. The Hall–Kier alpha value is -4.82. The van der Waals surface area contributed by atoms with E-state index in [0.29, 0.717) is 66.9 Å². The van der Waals surface area contributed by atoms with Gasteiger partial charge >= 0.3 is 11.9 Å². The third-order valence-corrected chi connectivity index (χ3v) is 8.12. The van der Waals surface area contributed by atoms with E-state index in [4.69, 9.17) is 29.4 Å². The maximum atomic E-state index is 13.2. The lowest BCUT2D eigenvalue weighted by Crippen LogP contribution is -2.13. The molecule has 0 fully saturated rings. The van der Waals surface area contributed by atoms with Crippen molar-refractivity contribution in [2.24, 2.45) is 5.73 Å². The predicted molar refractivity (Wildman–Crippen MR) is 198 cm³/mol. The minimum absolute atomic E-state index is 0.310. The van der Waals surface area contributed by atoms with E-state index in [-0.39, 0.29) is 0 Å². The molecule has 50 heavy (non-hydrogen) atoms. The number of benzene rings is 4. The van der Waals surface area contributed by atoms with Crippen molar-refractivity contribution in [2.45, 2.75) is 78.1 Å². The normalized spacial score (nSPS) is 10.8. The molecule has 0 aliphatic carbocycles. The second kappa shape index (κ2) is 21.3. The Morgan fingerprint density at radius 3 is 1.60 bits per heavy atom. The highest BCUT2D eigenvalue weighted by atomic mass is 16.5. The molecule has 8 heteroatoms. The SMILES string of the molecule is CCCCCCCCOc1ccc(C(=O)Oc2ccc(-c3ccc(OC(=O)c4ccc(OCCCCC)cc4OCCCN)cc3)cc2)cc1. The number of esters is 2. The average Bonchev–Trinajstić information content (AvgIpc) is 3.14. The van der Waals surface area contributed by atoms with Gasteiger partial charge in [-0.1, -0.05) is 83.1 Å². The monoisotopic (exact) mass is 681 g/mol. The molecule has 4 rings (SSSR count). The van der Waals surface area contributed by atoms with Crippen molar-refractivity contribution in [1.82, 2.24) is 0 Å². The van der Waals surface area contributed by atoms with E-state index < -0.39 is 11.9 Å². The summed E-state index contributed by atoms with van der Waals surface area (Å²) >= 11 is 0. The summed E-state index contributed by atoms with van der Waals surface area (Å²) in [7, 11) is 0. The van der Waals surface area contributed by atoms with Gasteiger partial charge in [-0.15, -0.1) is 0 Å². The molecule has 0 saturated carbocycles. The summed E-state index contributed by atoms with van der Waals surface area (Å²) in [5, 5.41) is 0. The molecule has 0 aliphatic heterocycles. The van der Waals surface area contributed by atoms with Gasteiger partial charge in [-0.2, -0.15) is 0 Å². The summed E-state index contributed by atoms with van der Waals surface area (Å²) < 4.78 is 28.8. The third kappa shape index (κ3) is 12.6. The zero-order valence-corrected chi connectivity index (χ0v) is 29.5. The molecule has 4 aromatic rings. The molecular formula is C42H51NO7. The molecule has 266 valence electrons. The van der Waals surface area contributed by atoms with Crippen LogP contribution in [0.3, 0.4) is 0 Å². The fourth-order valence-corrected chi connectivity index (χ4v) is 5.21. The lowest BCUT2D eigenvalue weighted by molar-refractivity contribution is 0.0722. The smallest absolute Gasteiger partial charge is 0.347 e. The standard InChI is InChI=1S/C42H51NO7/c1-3-5-7-8-9-11-29-46-35-19-17-34(18-20-35)41(44)49-36-21-13-32(14-22-36)33-15-23-37(24-16-33)50-42(45)39-26-25-38(47-28-10-6-4-2)31-40(39)48-30-12-27-43/h13-26,31H,3-12,27-30,43H2,1-2H3. The van der Waals surface area contributed by atoms with Gasteiger partial charge in [0.2, 0.25) is 0 Å². The first-order chi connectivity index (χ1) is 24.5. The first-order valence-corrected chi connectivity index (χ1v) is 18.0. The Bertz CT molecular complexity index is 1580. The minimum Gasteiger partial charge on any atom is -0.494 e. The summed E-state index contributed by atoms with van der Waals surface area (Å²) in [5.41, 5.74) is 8.22. The molecule has 2 N–H and O–H groups in total. The molecular weight excluding hydrogens is 630 g/mol. The molecule has 0 atom stereocenters. The van der Waals surface area contributed by atoms with E-state index in [1.54, 1.807) is 66.7 Å². The van der Waals surface area contributed by atoms with Crippen LogP contribution in [0.25, 0.3) is 11.1 Å². The van der Waals surface area contributed by atoms with E-state index in [9.17, 15) is 9.59 Å². The van der Waals surface area contributed by atoms with Gasteiger partial charge in [0.15, 0.2) is 0 Å². The van der Waals surface area contributed by atoms with Gasteiger partial charge in [-0.25, -0.2) is 9.59 Å². The van der Waals surface area contributed by atoms with Crippen molar-refractivity contribution in [3.8, 4) is 39.9 Å². The van der Waals surface area contributed by atoms with Crippen LogP contribution in [0, 0.1) is 0 Å². The van der Waals surface area contributed by atoms with Crippen LogP contribution in [-0.4, -0.2) is 38.3 Å². The van der Waals surface area contributed by atoms with Crippen LogP contribution in [0.15, 0.2) is 91.0 Å². The van der Waals surface area contributed by atoms with Crippen molar-refractivity contribution in [2.75, 3.05) is 26.4 Å². The van der Waals surface area contributed by atoms with E-state index in [0.717, 1.165) is 42.6 Å². The van der Waals surface area contributed by atoms with Gasteiger partial charge in [0, 0.05) is 6.07 Å². The first kappa shape index (κ1) is 38.0. The average molecular weight is 682 g/mol. The fourth-order valence-electron chi connectivity index (χ4n) is 5.21. The van der Waals surface area contributed by atoms with Crippen molar-refractivity contribution in [3.63, 3.8) is 0 Å². The van der Waals surface area contributed by atoms with Gasteiger partial charge in [-0.3, -0.25) is 0 Å². The first-order valence-electron chi connectivity index (χ1n) is 18.0. The Morgan fingerprint density at radius 1 is 0.500 bits per heavy atom.